The summed E-state index contributed by atoms with van der Waals surface area (Å²) < 4.78 is 22.9. The lowest BCUT2D eigenvalue weighted by Gasteiger charge is -2.33. The van der Waals surface area contributed by atoms with Crippen LogP contribution in [0.2, 0.25) is 0 Å². The number of nitrogens with one attached hydrogen (secondary N) is 1. The number of anilines is 1. The summed E-state index contributed by atoms with van der Waals surface area (Å²) in [6, 6.07) is 3.20. The zero-order chi connectivity index (χ0) is 17.2. The summed E-state index contributed by atoms with van der Waals surface area (Å²) in [7, 11) is -2.93. The first-order chi connectivity index (χ1) is 11.5. The van der Waals surface area contributed by atoms with Crippen molar-refractivity contribution < 1.29 is 13.2 Å². The van der Waals surface area contributed by atoms with Gasteiger partial charge in [-0.2, -0.15) is 0 Å². The van der Waals surface area contributed by atoms with Crippen LogP contribution in [0.1, 0.15) is 23.8 Å². The van der Waals surface area contributed by atoms with Gasteiger partial charge in [0.15, 0.2) is 15.5 Å². The monoisotopic (exact) mass is 353 g/mol. The maximum absolute atomic E-state index is 12.4. The Balaban J connectivity index is 1.57. The number of likely N-dealkylation sites (N-methyl/N-ethyl adjacent to an activating group) is 1. The second-order valence-electron chi connectivity index (χ2n) is 6.27. The van der Waals surface area contributed by atoms with Gasteiger partial charge in [-0.25, -0.2) is 8.42 Å². The Morgan fingerprint density at radius 1 is 1.25 bits per heavy atom. The second kappa shape index (κ2) is 7.02. The number of hydrogen-bond donors (Lipinski definition) is 1. The van der Waals surface area contributed by atoms with Crippen molar-refractivity contribution in [2.45, 2.75) is 19.4 Å². The lowest BCUT2D eigenvalue weighted by atomic mass is 10.2. The fourth-order valence-corrected chi connectivity index (χ4v) is 4.74. The van der Waals surface area contributed by atoms with Crippen molar-refractivity contribution in [3.63, 3.8) is 0 Å². The van der Waals surface area contributed by atoms with Gasteiger partial charge < -0.3 is 15.1 Å². The molecule has 1 amide bonds. The fourth-order valence-electron chi connectivity index (χ4n) is 3.07. The number of sulfone groups is 1. The van der Waals surface area contributed by atoms with E-state index in [1.807, 2.05) is 0 Å². The predicted octanol–water partition coefficient (Wildman–Crippen LogP) is -0.147. The minimum atomic E-state index is -2.93. The molecule has 2 aliphatic rings. The average molecular weight is 353 g/mol. The predicted molar refractivity (Wildman–Crippen MR) is 90.7 cm³/mol. The van der Waals surface area contributed by atoms with E-state index in [4.69, 9.17) is 0 Å². The van der Waals surface area contributed by atoms with E-state index in [-0.39, 0.29) is 23.5 Å². The molecule has 1 aromatic heterocycles. The van der Waals surface area contributed by atoms with E-state index in [2.05, 4.69) is 27.3 Å². The molecule has 9 heteroatoms. The molecule has 1 unspecified atom stereocenters. The molecule has 8 nitrogen and oxygen atoms in total. The highest BCUT2D eigenvalue weighted by molar-refractivity contribution is 7.91. The molecular weight excluding hydrogens is 330 g/mol. The Morgan fingerprint density at radius 3 is 2.54 bits per heavy atom. The summed E-state index contributed by atoms with van der Waals surface area (Å²) in [6.45, 7) is 6.28. The topological polar surface area (TPSA) is 95.5 Å². The van der Waals surface area contributed by atoms with Crippen LogP contribution in [0.4, 0.5) is 5.82 Å². The molecule has 3 rings (SSSR count). The molecule has 0 radical (unpaired) electrons. The first-order valence-electron chi connectivity index (χ1n) is 8.29. The van der Waals surface area contributed by atoms with Crippen molar-refractivity contribution in [1.82, 2.24) is 20.0 Å². The van der Waals surface area contributed by atoms with E-state index in [0.29, 0.717) is 31.0 Å². The highest BCUT2D eigenvalue weighted by Crippen LogP contribution is 2.16. The van der Waals surface area contributed by atoms with Gasteiger partial charge in [-0.15, -0.1) is 10.2 Å². The summed E-state index contributed by atoms with van der Waals surface area (Å²) in [5.74, 6) is 0.729. The first-order valence-corrected chi connectivity index (χ1v) is 10.1. The Morgan fingerprint density at radius 2 is 2.00 bits per heavy atom. The third kappa shape index (κ3) is 4.02. The molecule has 3 heterocycles. The number of carbonyl (C=O) groups is 1. The van der Waals surface area contributed by atoms with Crippen LogP contribution in [0.15, 0.2) is 12.1 Å². The van der Waals surface area contributed by atoms with Crippen molar-refractivity contribution in [3.8, 4) is 0 Å². The number of amides is 1. The standard InChI is InChI=1S/C15H23N5O3S/c1-2-19-6-8-20(9-7-19)15(21)13-3-4-14(18-17-13)16-12-5-10-24(22,23)11-12/h3-4,12H,2,5-11H2,1H3,(H,16,18). The Bertz CT molecular complexity index is 684. The molecule has 2 fully saturated rings. The van der Waals surface area contributed by atoms with Gasteiger partial charge in [0.2, 0.25) is 0 Å². The van der Waals surface area contributed by atoms with Gasteiger partial charge in [0.25, 0.3) is 5.91 Å². The summed E-state index contributed by atoms with van der Waals surface area (Å²) in [5.41, 5.74) is 0.324. The smallest absolute Gasteiger partial charge is 0.274 e. The van der Waals surface area contributed by atoms with E-state index < -0.39 is 9.84 Å². The van der Waals surface area contributed by atoms with E-state index in [1.54, 1.807) is 17.0 Å². The Kier molecular flexibility index (Phi) is 5.00. The van der Waals surface area contributed by atoms with Crippen LogP contribution in [-0.4, -0.2) is 84.6 Å². The number of aromatic nitrogens is 2. The molecular formula is C15H23N5O3S. The zero-order valence-electron chi connectivity index (χ0n) is 13.8. The zero-order valence-corrected chi connectivity index (χ0v) is 14.6. The molecule has 1 aromatic rings. The van der Waals surface area contributed by atoms with Crippen LogP contribution >= 0.6 is 0 Å². The van der Waals surface area contributed by atoms with Crippen molar-refractivity contribution in [1.29, 1.82) is 0 Å². The molecule has 0 saturated carbocycles. The van der Waals surface area contributed by atoms with Crippen LogP contribution in [0.3, 0.4) is 0 Å². The van der Waals surface area contributed by atoms with Crippen molar-refractivity contribution in [2.75, 3.05) is 49.5 Å². The van der Waals surface area contributed by atoms with Gasteiger partial charge in [0.1, 0.15) is 5.82 Å². The number of rotatable bonds is 4. The van der Waals surface area contributed by atoms with E-state index in [1.165, 1.54) is 0 Å². The third-order valence-corrected chi connectivity index (χ3v) is 6.34. The SMILES string of the molecule is CCN1CCN(C(=O)c2ccc(NC3CCS(=O)(=O)C3)nn2)CC1. The molecule has 24 heavy (non-hydrogen) atoms. The van der Waals surface area contributed by atoms with Crippen LogP contribution in [-0.2, 0) is 9.84 Å². The molecule has 2 saturated heterocycles. The van der Waals surface area contributed by atoms with E-state index >= 15 is 0 Å². The largest absolute Gasteiger partial charge is 0.365 e. The van der Waals surface area contributed by atoms with Crippen molar-refractivity contribution in [2.24, 2.45) is 0 Å². The molecule has 2 aliphatic heterocycles. The second-order valence-corrected chi connectivity index (χ2v) is 8.50. The first kappa shape index (κ1) is 17.1. The third-order valence-electron chi connectivity index (χ3n) is 4.57. The van der Waals surface area contributed by atoms with Crippen molar-refractivity contribution in [3.05, 3.63) is 17.8 Å². The quantitative estimate of drug-likeness (QED) is 0.804. The molecule has 0 aliphatic carbocycles. The Hall–Kier alpha value is -1.74. The Labute approximate surface area is 142 Å². The van der Waals surface area contributed by atoms with Gasteiger partial charge in [-0.1, -0.05) is 6.92 Å². The molecule has 1 atom stereocenters. The number of carbonyl (C=O) groups excluding carboxylic acids is 1. The molecule has 0 spiro atoms. The average Bonchev–Trinajstić information content (AvgIpc) is 2.93. The maximum Gasteiger partial charge on any atom is 0.274 e. The minimum absolute atomic E-state index is 0.103. The summed E-state index contributed by atoms with van der Waals surface area (Å²) >= 11 is 0. The molecule has 132 valence electrons. The van der Waals surface area contributed by atoms with Crippen LogP contribution in [0.25, 0.3) is 0 Å². The van der Waals surface area contributed by atoms with Gasteiger partial charge in [0.05, 0.1) is 11.5 Å². The van der Waals surface area contributed by atoms with Gasteiger partial charge in [-0.05, 0) is 25.1 Å². The highest BCUT2D eigenvalue weighted by Gasteiger charge is 2.28. The molecule has 0 aromatic carbocycles. The van der Waals surface area contributed by atoms with Gasteiger partial charge in [0, 0.05) is 32.2 Å². The van der Waals surface area contributed by atoms with Crippen LogP contribution in [0, 0.1) is 0 Å². The summed E-state index contributed by atoms with van der Waals surface area (Å²) in [6.07, 6.45) is 0.576. The molecule has 0 bridgehead atoms. The van der Waals surface area contributed by atoms with E-state index in [9.17, 15) is 13.2 Å². The van der Waals surface area contributed by atoms with E-state index in [0.717, 1.165) is 19.6 Å². The lowest BCUT2D eigenvalue weighted by Crippen LogP contribution is -2.48. The highest BCUT2D eigenvalue weighted by atomic mass is 32.2. The summed E-state index contributed by atoms with van der Waals surface area (Å²) in [5, 5.41) is 11.1. The number of nitrogens with zero attached hydrogens (tertiary/aromatic N) is 4. The van der Waals surface area contributed by atoms with Gasteiger partial charge >= 0.3 is 0 Å². The van der Waals surface area contributed by atoms with Gasteiger partial charge in [-0.3, -0.25) is 4.79 Å². The summed E-state index contributed by atoms with van der Waals surface area (Å²) in [4.78, 5) is 16.5. The number of hydrogen-bond acceptors (Lipinski definition) is 7. The van der Waals surface area contributed by atoms with Crippen LogP contribution < -0.4 is 5.32 Å². The number of piperazine rings is 1. The van der Waals surface area contributed by atoms with Crippen LogP contribution in [0.5, 0.6) is 0 Å². The normalized spacial score (nSPS) is 24.0. The lowest BCUT2D eigenvalue weighted by molar-refractivity contribution is 0.0636. The van der Waals surface area contributed by atoms with Crippen molar-refractivity contribution >= 4 is 21.6 Å². The minimum Gasteiger partial charge on any atom is -0.365 e. The fraction of sp³-hybridized carbons (Fsp3) is 0.667. The maximum atomic E-state index is 12.4. The molecule has 1 N–H and O–H groups in total.